The number of primary amides is 1. The van der Waals surface area contributed by atoms with E-state index in [1.807, 2.05) is 30.3 Å². The van der Waals surface area contributed by atoms with Crippen molar-refractivity contribution >= 4 is 23.1 Å². The van der Waals surface area contributed by atoms with Gasteiger partial charge in [0.15, 0.2) is 9.88 Å². The van der Waals surface area contributed by atoms with Crippen LogP contribution in [0.4, 0.5) is 5.82 Å². The predicted molar refractivity (Wildman–Crippen MR) is 80.9 cm³/mol. The molecule has 1 aromatic carbocycles. The molecule has 1 aromatic heterocycles. The number of H-pyrrole nitrogens is 1. The molecule has 3 rings (SSSR count). The number of aromatic amines is 1. The number of anilines is 1. The molecule has 0 unspecified atom stereocenters. The molecule has 1 amide bonds. The Morgan fingerprint density at radius 1 is 1.15 bits per heavy atom. The van der Waals surface area contributed by atoms with Gasteiger partial charge in [-0.2, -0.15) is 0 Å². The average molecular weight is 288 g/mol. The third-order valence-electron chi connectivity index (χ3n) is 3.58. The molecule has 5 heteroatoms. The van der Waals surface area contributed by atoms with Gasteiger partial charge in [0, 0.05) is 5.56 Å². The molecule has 0 radical (unpaired) electrons. The molecule has 3 N–H and O–H groups in total. The molecule has 0 spiro atoms. The minimum atomic E-state index is -0.353. The monoisotopic (exact) mass is 288 g/mol. The highest BCUT2D eigenvalue weighted by Gasteiger charge is 2.29. The zero-order chi connectivity index (χ0) is 13.9. The first kappa shape index (κ1) is 13.1. The maximum absolute atomic E-state index is 11.7. The lowest BCUT2D eigenvalue weighted by atomic mass is 10.1. The van der Waals surface area contributed by atoms with Gasteiger partial charge in [-0.05, 0) is 31.4 Å². The molecular weight excluding hydrogens is 270 g/mol. The van der Waals surface area contributed by atoms with Crippen LogP contribution in [-0.4, -0.2) is 19.0 Å². The smallest absolute Gasteiger partial charge is 0.298 e. The van der Waals surface area contributed by atoms with Crippen LogP contribution in [0.1, 0.15) is 28.9 Å². The summed E-state index contributed by atoms with van der Waals surface area (Å²) in [5, 5.41) is 0.986. The minimum Gasteiger partial charge on any atom is -0.365 e. The second-order valence-corrected chi connectivity index (χ2v) is 6.03. The minimum absolute atomic E-state index is 0.353. The lowest BCUT2D eigenvalue weighted by Crippen LogP contribution is -2.34. The Morgan fingerprint density at radius 3 is 2.50 bits per heavy atom. The number of carbonyl (C=O) groups is 1. The number of thiazole rings is 1. The van der Waals surface area contributed by atoms with Crippen molar-refractivity contribution in [2.24, 2.45) is 5.73 Å². The highest BCUT2D eigenvalue weighted by molar-refractivity contribution is 7.17. The van der Waals surface area contributed by atoms with Crippen LogP contribution < -0.4 is 15.6 Å². The number of amides is 1. The number of hydrogen-bond acceptors (Lipinski definition) is 3. The third-order valence-corrected chi connectivity index (χ3v) is 4.72. The van der Waals surface area contributed by atoms with Crippen LogP contribution in [0, 0.1) is 0 Å². The summed E-state index contributed by atoms with van der Waals surface area (Å²) in [6.45, 7) is 1.98. The average Bonchev–Trinajstić information content (AvgIpc) is 2.94. The maximum Gasteiger partial charge on any atom is 0.298 e. The number of nitrogens with two attached hydrogens (primary N) is 1. The predicted octanol–water partition coefficient (Wildman–Crippen LogP) is 2.32. The number of piperidine rings is 1. The van der Waals surface area contributed by atoms with E-state index >= 15 is 0 Å². The molecule has 1 aliphatic heterocycles. The Bertz CT molecular complexity index is 603. The molecule has 4 nitrogen and oxygen atoms in total. The molecule has 1 saturated heterocycles. The van der Waals surface area contributed by atoms with Crippen molar-refractivity contribution in [3.05, 3.63) is 35.2 Å². The van der Waals surface area contributed by atoms with Crippen molar-refractivity contribution in [2.45, 2.75) is 19.3 Å². The van der Waals surface area contributed by atoms with Gasteiger partial charge in [0.2, 0.25) is 0 Å². The summed E-state index contributed by atoms with van der Waals surface area (Å²) in [4.78, 5) is 18.0. The van der Waals surface area contributed by atoms with Gasteiger partial charge in [-0.3, -0.25) is 9.69 Å². The fourth-order valence-electron chi connectivity index (χ4n) is 2.57. The Kier molecular flexibility index (Phi) is 3.69. The molecule has 20 heavy (non-hydrogen) atoms. The molecule has 2 aromatic rings. The highest BCUT2D eigenvalue weighted by atomic mass is 32.1. The van der Waals surface area contributed by atoms with Crippen LogP contribution in [0.25, 0.3) is 10.6 Å². The van der Waals surface area contributed by atoms with Crippen LogP contribution in [0.3, 0.4) is 0 Å². The lowest BCUT2D eigenvalue weighted by Gasteiger charge is -2.20. The molecule has 0 aliphatic carbocycles. The summed E-state index contributed by atoms with van der Waals surface area (Å²) in [7, 11) is 0. The normalized spacial score (nSPS) is 15.3. The Balaban J connectivity index is 2.00. The molecular formula is C15H18N3OS+. The second kappa shape index (κ2) is 5.63. The van der Waals surface area contributed by atoms with Gasteiger partial charge in [-0.15, -0.1) is 0 Å². The topological polar surface area (TPSA) is 60.5 Å². The van der Waals surface area contributed by atoms with Crippen LogP contribution in [0.2, 0.25) is 0 Å². The number of rotatable bonds is 3. The van der Waals surface area contributed by atoms with Gasteiger partial charge < -0.3 is 5.73 Å². The van der Waals surface area contributed by atoms with Gasteiger partial charge >= 0.3 is 0 Å². The van der Waals surface area contributed by atoms with Crippen LogP contribution in [0.5, 0.6) is 0 Å². The molecule has 0 bridgehead atoms. The van der Waals surface area contributed by atoms with Gasteiger partial charge in [0.05, 0.1) is 13.1 Å². The molecule has 1 aliphatic rings. The zero-order valence-corrected chi connectivity index (χ0v) is 12.1. The summed E-state index contributed by atoms with van der Waals surface area (Å²) < 4.78 is 0. The zero-order valence-electron chi connectivity index (χ0n) is 11.3. The number of carbonyl (C=O) groups excluding carboxylic acids is 1. The molecule has 2 heterocycles. The molecule has 0 saturated carbocycles. The number of aromatic nitrogens is 1. The van der Waals surface area contributed by atoms with E-state index in [4.69, 9.17) is 5.73 Å². The van der Waals surface area contributed by atoms with Crippen molar-refractivity contribution in [3.63, 3.8) is 0 Å². The second-order valence-electron chi connectivity index (χ2n) is 5.01. The van der Waals surface area contributed by atoms with Crippen molar-refractivity contribution in [3.8, 4) is 10.6 Å². The fraction of sp³-hybridized carbons (Fsp3) is 0.333. The van der Waals surface area contributed by atoms with Crippen molar-refractivity contribution < 1.29 is 9.78 Å². The fourth-order valence-corrected chi connectivity index (χ4v) is 3.55. The number of hydrogen-bond donors (Lipinski definition) is 1. The van der Waals surface area contributed by atoms with Gasteiger partial charge in [-0.1, -0.05) is 29.5 Å². The maximum atomic E-state index is 11.7. The van der Waals surface area contributed by atoms with Gasteiger partial charge in [0.25, 0.3) is 11.7 Å². The van der Waals surface area contributed by atoms with E-state index in [1.165, 1.54) is 30.6 Å². The Hall–Kier alpha value is -1.88. The van der Waals surface area contributed by atoms with E-state index in [2.05, 4.69) is 9.88 Å². The van der Waals surface area contributed by atoms with Crippen molar-refractivity contribution in [1.82, 2.24) is 0 Å². The van der Waals surface area contributed by atoms with Crippen molar-refractivity contribution in [2.75, 3.05) is 18.0 Å². The van der Waals surface area contributed by atoms with Gasteiger partial charge in [0.1, 0.15) is 0 Å². The summed E-state index contributed by atoms with van der Waals surface area (Å²) in [5.41, 5.74) is 6.62. The number of nitrogens with zero attached hydrogens (tertiary/aromatic N) is 1. The Morgan fingerprint density at radius 2 is 1.85 bits per heavy atom. The lowest BCUT2D eigenvalue weighted by molar-refractivity contribution is -0.344. The van der Waals surface area contributed by atoms with Crippen LogP contribution in [0.15, 0.2) is 30.3 Å². The largest absolute Gasteiger partial charge is 0.365 e. The van der Waals surface area contributed by atoms with E-state index in [1.54, 1.807) is 0 Å². The molecule has 1 fully saturated rings. The standard InChI is InChI=1S/C15H17N3OS/c16-13(19)12-14(18-9-5-2-6-10-18)17-15(20-12)11-7-3-1-4-8-11/h1,3-4,7-8H,2,5-6,9-10H2,(H2,16,19)/p+1. The molecule has 0 atom stereocenters. The Labute approximate surface area is 122 Å². The van der Waals surface area contributed by atoms with Crippen LogP contribution in [-0.2, 0) is 0 Å². The van der Waals surface area contributed by atoms with E-state index < -0.39 is 0 Å². The number of benzene rings is 1. The summed E-state index contributed by atoms with van der Waals surface area (Å²) in [6.07, 6.45) is 3.60. The van der Waals surface area contributed by atoms with E-state index in [-0.39, 0.29) is 5.91 Å². The summed E-state index contributed by atoms with van der Waals surface area (Å²) >= 11 is 1.44. The molecule has 104 valence electrons. The first-order valence-electron chi connectivity index (χ1n) is 6.92. The highest BCUT2D eigenvalue weighted by Crippen LogP contribution is 2.30. The summed E-state index contributed by atoms with van der Waals surface area (Å²) in [6, 6.07) is 10.0. The third kappa shape index (κ3) is 2.54. The van der Waals surface area contributed by atoms with E-state index in [9.17, 15) is 4.79 Å². The SMILES string of the molecule is NC(=O)c1sc(-c2ccccc2)[nH+]c1N1CCCCC1. The van der Waals surface area contributed by atoms with E-state index in [0.717, 1.165) is 29.5 Å². The quantitative estimate of drug-likeness (QED) is 0.942. The first-order valence-corrected chi connectivity index (χ1v) is 7.73. The number of nitrogens with one attached hydrogen (secondary N) is 1. The van der Waals surface area contributed by atoms with Crippen molar-refractivity contribution in [1.29, 1.82) is 0 Å². The van der Waals surface area contributed by atoms with Crippen LogP contribution >= 0.6 is 11.3 Å². The summed E-state index contributed by atoms with van der Waals surface area (Å²) in [5.74, 6) is 0.537. The first-order chi connectivity index (χ1) is 9.75. The van der Waals surface area contributed by atoms with E-state index in [0.29, 0.717) is 4.88 Å². The van der Waals surface area contributed by atoms with Gasteiger partial charge in [-0.25, -0.2) is 4.98 Å².